The van der Waals surface area contributed by atoms with Crippen molar-refractivity contribution in [2.75, 3.05) is 5.88 Å². The van der Waals surface area contributed by atoms with E-state index >= 15 is 0 Å². The molecule has 0 amide bonds. The molecule has 20 heavy (non-hydrogen) atoms. The van der Waals surface area contributed by atoms with Crippen LogP contribution in [0.1, 0.15) is 6.42 Å². The van der Waals surface area contributed by atoms with Crippen molar-refractivity contribution in [1.82, 2.24) is 0 Å². The number of rotatable bonds is 3. The summed E-state index contributed by atoms with van der Waals surface area (Å²) < 4.78 is -2.80. The van der Waals surface area contributed by atoms with Gasteiger partial charge in [-0.15, -0.1) is 92.8 Å². The molecule has 3 unspecified atom stereocenters. The molecule has 0 aliphatic heterocycles. The molecule has 0 spiro atoms. The lowest BCUT2D eigenvalue weighted by Crippen LogP contribution is -2.54. The molecule has 2 aliphatic carbocycles. The molecular formula is C10H8Cl10. The molecule has 0 heterocycles. The molecule has 2 bridgehead atoms. The minimum Gasteiger partial charge on any atom is -0.126 e. The van der Waals surface area contributed by atoms with Gasteiger partial charge in [0.15, 0.2) is 0 Å². The van der Waals surface area contributed by atoms with Crippen LogP contribution in [0.3, 0.4) is 0 Å². The maximum absolute atomic E-state index is 6.47. The first-order valence-corrected chi connectivity index (χ1v) is 9.68. The van der Waals surface area contributed by atoms with Crippen molar-refractivity contribution in [3.63, 3.8) is 0 Å². The Morgan fingerprint density at radius 3 is 1.75 bits per heavy atom. The van der Waals surface area contributed by atoms with Gasteiger partial charge in [-0.3, -0.25) is 0 Å². The van der Waals surface area contributed by atoms with Crippen molar-refractivity contribution in [2.45, 2.75) is 30.1 Å². The quantitative estimate of drug-likeness (QED) is 0.388. The topological polar surface area (TPSA) is 0 Å². The van der Waals surface area contributed by atoms with Crippen LogP contribution < -0.4 is 0 Å². The van der Waals surface area contributed by atoms with Crippen LogP contribution in [0.5, 0.6) is 0 Å². The summed E-state index contributed by atoms with van der Waals surface area (Å²) in [5.41, 5.74) is -2.34. The van der Waals surface area contributed by atoms with E-state index in [2.05, 4.69) is 0 Å². The third-order valence-electron chi connectivity index (χ3n) is 4.57. The van der Waals surface area contributed by atoms with Gasteiger partial charge in [0.25, 0.3) is 0 Å². The molecular weight excluding hydrogens is 475 g/mol. The fourth-order valence-corrected chi connectivity index (χ4v) is 9.12. The van der Waals surface area contributed by atoms with Gasteiger partial charge in [0.2, 0.25) is 0 Å². The average molecular weight is 483 g/mol. The van der Waals surface area contributed by atoms with Crippen molar-refractivity contribution < 1.29 is 0 Å². The van der Waals surface area contributed by atoms with Gasteiger partial charge in [-0.25, -0.2) is 0 Å². The van der Waals surface area contributed by atoms with E-state index in [9.17, 15) is 0 Å². The van der Waals surface area contributed by atoms with E-state index in [0.717, 1.165) is 0 Å². The third-order valence-corrected chi connectivity index (χ3v) is 9.22. The van der Waals surface area contributed by atoms with Crippen LogP contribution in [0.25, 0.3) is 0 Å². The molecule has 10 heteroatoms. The first kappa shape index (κ1) is 19.2. The highest BCUT2D eigenvalue weighted by atomic mass is 35.5. The number of hydrogen-bond acceptors (Lipinski definition) is 0. The number of fused-ring (bicyclic) bond motifs is 2. The zero-order chi connectivity index (χ0) is 15.7. The molecule has 2 saturated carbocycles. The summed E-state index contributed by atoms with van der Waals surface area (Å²) in [4.78, 5) is -2.05. The normalized spacial score (nSPS) is 45.6. The van der Waals surface area contributed by atoms with E-state index in [-0.39, 0.29) is 12.3 Å². The van der Waals surface area contributed by atoms with E-state index in [0.29, 0.717) is 0 Å². The molecule has 2 aliphatic rings. The molecule has 0 aromatic heterocycles. The molecule has 0 aromatic rings. The van der Waals surface area contributed by atoms with Gasteiger partial charge in [0.1, 0.15) is 18.3 Å². The van der Waals surface area contributed by atoms with Crippen LogP contribution in [0.15, 0.2) is 0 Å². The van der Waals surface area contributed by atoms with Crippen LogP contribution >= 0.6 is 116 Å². The zero-order valence-electron chi connectivity index (χ0n) is 9.50. The maximum Gasteiger partial charge on any atom is 0.143 e. The highest BCUT2D eigenvalue weighted by Crippen LogP contribution is 2.83. The van der Waals surface area contributed by atoms with Gasteiger partial charge in [-0.2, -0.15) is 0 Å². The Kier molecular flexibility index (Phi) is 5.50. The molecule has 118 valence electrons. The Bertz CT molecular complexity index is 407. The summed E-state index contributed by atoms with van der Waals surface area (Å²) >= 11 is 63.1. The molecule has 2 fully saturated rings. The lowest BCUT2D eigenvalue weighted by atomic mass is 9.69. The van der Waals surface area contributed by atoms with Gasteiger partial charge in [0, 0.05) is 22.6 Å². The zero-order valence-corrected chi connectivity index (χ0v) is 17.1. The van der Waals surface area contributed by atoms with Crippen molar-refractivity contribution in [1.29, 1.82) is 0 Å². The molecule has 2 rings (SSSR count). The number of alkyl halides is 10. The second-order valence-electron chi connectivity index (χ2n) is 5.19. The second kappa shape index (κ2) is 5.72. The van der Waals surface area contributed by atoms with Crippen molar-refractivity contribution in [3.05, 3.63) is 0 Å². The summed E-state index contributed by atoms with van der Waals surface area (Å²) in [6.07, 6.45) is 0.0876. The molecule has 0 radical (unpaired) electrons. The Morgan fingerprint density at radius 1 is 0.950 bits per heavy atom. The fourth-order valence-electron chi connectivity index (χ4n) is 3.68. The number of hydrogen-bond donors (Lipinski definition) is 0. The standard InChI is InChI=1S/C10H8Cl10/c11-2-7(5(13)14)3-4(12)10(19,20)8(7,6(15)16)1-9(3,17)18/h3-6H,1-2H2/t3?,4-,7?,8?/m0/s1. The summed E-state index contributed by atoms with van der Waals surface area (Å²) in [6.45, 7) is 0. The molecule has 0 aromatic carbocycles. The predicted molar refractivity (Wildman–Crippen MR) is 93.2 cm³/mol. The lowest BCUT2D eigenvalue weighted by Gasteiger charge is -2.48. The van der Waals surface area contributed by atoms with E-state index in [1.807, 2.05) is 0 Å². The molecule has 0 saturated heterocycles. The fraction of sp³-hybridized carbons (Fsp3) is 1.00. The van der Waals surface area contributed by atoms with E-state index in [1.165, 1.54) is 0 Å². The van der Waals surface area contributed by atoms with Crippen LogP contribution in [-0.4, -0.2) is 29.6 Å². The Morgan fingerprint density at radius 2 is 1.45 bits per heavy atom. The molecule has 4 atom stereocenters. The van der Waals surface area contributed by atoms with Crippen molar-refractivity contribution in [2.24, 2.45) is 16.7 Å². The van der Waals surface area contributed by atoms with Gasteiger partial charge in [-0.05, 0) is 6.42 Å². The van der Waals surface area contributed by atoms with Crippen LogP contribution in [0.4, 0.5) is 0 Å². The van der Waals surface area contributed by atoms with Crippen LogP contribution in [-0.2, 0) is 0 Å². The van der Waals surface area contributed by atoms with Crippen molar-refractivity contribution in [3.8, 4) is 0 Å². The second-order valence-corrected chi connectivity index (χ2v) is 11.0. The Labute approximate surface area is 167 Å². The lowest BCUT2D eigenvalue weighted by molar-refractivity contribution is 0.134. The van der Waals surface area contributed by atoms with E-state index < -0.39 is 40.5 Å². The highest BCUT2D eigenvalue weighted by Gasteiger charge is 2.87. The third kappa shape index (κ3) is 2.03. The van der Waals surface area contributed by atoms with Gasteiger partial charge < -0.3 is 0 Å². The maximum atomic E-state index is 6.47. The largest absolute Gasteiger partial charge is 0.143 e. The molecule has 0 N–H and O–H groups in total. The minimum atomic E-state index is -1.52. The van der Waals surface area contributed by atoms with Gasteiger partial charge >= 0.3 is 0 Å². The van der Waals surface area contributed by atoms with Gasteiger partial charge in [0.05, 0.1) is 5.38 Å². The van der Waals surface area contributed by atoms with Crippen molar-refractivity contribution >= 4 is 116 Å². The smallest absolute Gasteiger partial charge is 0.126 e. The van der Waals surface area contributed by atoms with E-state index in [1.54, 1.807) is 0 Å². The average Bonchev–Trinajstić information content (AvgIpc) is 2.61. The monoisotopic (exact) mass is 478 g/mol. The first-order valence-electron chi connectivity index (χ1n) is 5.45. The predicted octanol–water partition coefficient (Wildman–Crippen LogP) is 6.79. The summed E-state index contributed by atoms with van der Waals surface area (Å²) in [5.74, 6) is -0.691. The first-order chi connectivity index (χ1) is 8.93. The highest BCUT2D eigenvalue weighted by molar-refractivity contribution is 6.58. The van der Waals surface area contributed by atoms with Gasteiger partial charge in [-0.1, -0.05) is 23.2 Å². The van der Waals surface area contributed by atoms with E-state index in [4.69, 9.17) is 116 Å². The summed E-state index contributed by atoms with van der Waals surface area (Å²) in [5, 5.41) is -0.853. The number of halogens is 10. The summed E-state index contributed by atoms with van der Waals surface area (Å²) in [6, 6.07) is 0. The van der Waals surface area contributed by atoms with Crippen LogP contribution in [0.2, 0.25) is 0 Å². The molecule has 0 nitrogen and oxygen atoms in total. The SMILES string of the molecule is ClCC1(C(Cl)Cl)C2[C@H](Cl)C(Cl)(Cl)C1(C(Cl)Cl)CC2(Cl)Cl. The summed E-state index contributed by atoms with van der Waals surface area (Å²) in [7, 11) is 0. The Balaban J connectivity index is 2.80. The Hall–Kier alpha value is 2.90. The minimum absolute atomic E-state index is 0.0309. The van der Waals surface area contributed by atoms with Crippen LogP contribution in [0, 0.1) is 16.7 Å².